The normalized spacial score (nSPS) is 14.9. The maximum absolute atomic E-state index is 12.9. The van der Waals surface area contributed by atoms with Gasteiger partial charge in [0, 0.05) is 29.5 Å². The lowest BCUT2D eigenvalue weighted by Gasteiger charge is -2.25. The standard InChI is InChI=1S/C27H22N2O3S/c1-17-6-5-7-18(12-17)13-22-16-28-27(33-22)29-25(30)20-10-11-23-21(14-20)15-24(32-26(23)31)19-8-3-2-4-9-19/h2-12,14,16,24H,13,15H2,1H3,(H,28,29,30)/t24-/m1/s1. The molecular weight excluding hydrogens is 432 g/mol. The van der Waals surface area contributed by atoms with Crippen LogP contribution in [0.1, 0.15) is 54.0 Å². The van der Waals surface area contributed by atoms with Gasteiger partial charge in [-0.25, -0.2) is 9.78 Å². The molecule has 0 saturated carbocycles. The second-order valence-electron chi connectivity index (χ2n) is 8.13. The van der Waals surface area contributed by atoms with Gasteiger partial charge in [0.15, 0.2) is 5.13 Å². The molecule has 0 bridgehead atoms. The third-order valence-electron chi connectivity index (χ3n) is 5.65. The Balaban J connectivity index is 1.30. The van der Waals surface area contributed by atoms with Gasteiger partial charge >= 0.3 is 5.97 Å². The number of cyclic esters (lactones) is 1. The lowest BCUT2D eigenvalue weighted by molar-refractivity contribution is 0.0252. The van der Waals surface area contributed by atoms with Crippen LogP contribution in [0.2, 0.25) is 0 Å². The summed E-state index contributed by atoms with van der Waals surface area (Å²) in [6.45, 7) is 2.07. The van der Waals surface area contributed by atoms with Crippen molar-refractivity contribution in [2.24, 2.45) is 0 Å². The number of carbonyl (C=O) groups excluding carboxylic acids is 2. The summed E-state index contributed by atoms with van der Waals surface area (Å²) in [5, 5.41) is 3.45. The highest BCUT2D eigenvalue weighted by Crippen LogP contribution is 2.31. The summed E-state index contributed by atoms with van der Waals surface area (Å²) in [4.78, 5) is 30.8. The Hall–Kier alpha value is -3.77. The molecule has 1 aliphatic rings. The van der Waals surface area contributed by atoms with Crippen molar-refractivity contribution in [3.8, 4) is 0 Å². The zero-order chi connectivity index (χ0) is 22.8. The van der Waals surface area contributed by atoms with E-state index < -0.39 is 0 Å². The van der Waals surface area contributed by atoms with E-state index in [1.54, 1.807) is 24.4 Å². The number of amides is 1. The SMILES string of the molecule is Cc1cccc(Cc2cnc(NC(=O)c3ccc4c(c3)C[C@H](c3ccccc3)OC4=O)s2)c1. The molecule has 0 radical (unpaired) electrons. The average Bonchev–Trinajstić information content (AvgIpc) is 3.25. The van der Waals surface area contributed by atoms with Gasteiger partial charge in [-0.3, -0.25) is 10.1 Å². The second-order valence-corrected chi connectivity index (χ2v) is 9.25. The highest BCUT2D eigenvalue weighted by molar-refractivity contribution is 7.15. The molecule has 0 spiro atoms. The van der Waals surface area contributed by atoms with Crippen LogP contribution in [0.4, 0.5) is 5.13 Å². The zero-order valence-corrected chi connectivity index (χ0v) is 18.9. The number of benzene rings is 3. The fourth-order valence-electron chi connectivity index (χ4n) is 4.03. The third-order valence-corrected chi connectivity index (χ3v) is 6.56. The first kappa shape index (κ1) is 21.1. The van der Waals surface area contributed by atoms with Crippen molar-refractivity contribution in [1.82, 2.24) is 4.98 Å². The Kier molecular flexibility index (Phi) is 5.75. The number of aromatic nitrogens is 1. The molecule has 1 N–H and O–H groups in total. The Morgan fingerprint density at radius 2 is 1.94 bits per heavy atom. The first-order valence-electron chi connectivity index (χ1n) is 10.8. The molecule has 164 valence electrons. The zero-order valence-electron chi connectivity index (χ0n) is 18.1. The van der Waals surface area contributed by atoms with Crippen LogP contribution in [-0.4, -0.2) is 16.9 Å². The summed E-state index contributed by atoms with van der Waals surface area (Å²) in [6, 6.07) is 23.1. The van der Waals surface area contributed by atoms with Gasteiger partial charge in [0.05, 0.1) is 5.56 Å². The number of ether oxygens (including phenoxy) is 1. The van der Waals surface area contributed by atoms with Crippen LogP contribution in [0.25, 0.3) is 0 Å². The van der Waals surface area contributed by atoms with E-state index in [9.17, 15) is 9.59 Å². The first-order chi connectivity index (χ1) is 16.0. The molecule has 5 rings (SSSR count). The molecular formula is C27H22N2O3S. The predicted octanol–water partition coefficient (Wildman–Crippen LogP) is 5.75. The molecule has 6 heteroatoms. The Morgan fingerprint density at radius 1 is 1.09 bits per heavy atom. The monoisotopic (exact) mass is 454 g/mol. The van der Waals surface area contributed by atoms with Gasteiger partial charge in [-0.1, -0.05) is 60.2 Å². The van der Waals surface area contributed by atoms with Crippen molar-refractivity contribution in [3.05, 3.63) is 117 Å². The van der Waals surface area contributed by atoms with Crippen LogP contribution in [0.15, 0.2) is 79.0 Å². The number of anilines is 1. The molecule has 1 aromatic heterocycles. The molecule has 5 nitrogen and oxygen atoms in total. The minimum atomic E-state index is -0.363. The Morgan fingerprint density at radius 3 is 2.76 bits per heavy atom. The van der Waals surface area contributed by atoms with E-state index in [0.29, 0.717) is 22.7 Å². The number of rotatable bonds is 5. The molecule has 1 aliphatic heterocycles. The Bertz CT molecular complexity index is 1330. The molecule has 1 amide bonds. The van der Waals surface area contributed by atoms with Crippen LogP contribution in [-0.2, 0) is 17.6 Å². The van der Waals surface area contributed by atoms with Crippen molar-refractivity contribution in [3.63, 3.8) is 0 Å². The highest BCUT2D eigenvalue weighted by atomic mass is 32.1. The van der Waals surface area contributed by atoms with Crippen molar-refractivity contribution < 1.29 is 14.3 Å². The average molecular weight is 455 g/mol. The first-order valence-corrected chi connectivity index (χ1v) is 11.6. The van der Waals surface area contributed by atoms with Gasteiger partial charge in [0.1, 0.15) is 6.10 Å². The number of nitrogens with one attached hydrogen (secondary N) is 1. The van der Waals surface area contributed by atoms with Gasteiger partial charge in [-0.2, -0.15) is 0 Å². The summed E-state index contributed by atoms with van der Waals surface area (Å²) in [5.41, 5.74) is 5.18. The van der Waals surface area contributed by atoms with Crippen LogP contribution in [0.5, 0.6) is 0 Å². The smallest absolute Gasteiger partial charge is 0.339 e. The summed E-state index contributed by atoms with van der Waals surface area (Å²) in [6.07, 6.45) is 2.75. The molecule has 2 heterocycles. The number of carbonyl (C=O) groups is 2. The molecule has 3 aromatic carbocycles. The minimum absolute atomic E-state index is 0.246. The lowest BCUT2D eigenvalue weighted by Crippen LogP contribution is -2.23. The quantitative estimate of drug-likeness (QED) is 0.390. The fourth-order valence-corrected chi connectivity index (χ4v) is 4.87. The predicted molar refractivity (Wildman–Crippen MR) is 129 cm³/mol. The van der Waals surface area contributed by atoms with E-state index in [1.807, 2.05) is 36.4 Å². The summed E-state index contributed by atoms with van der Waals surface area (Å²) in [5.74, 6) is -0.609. The van der Waals surface area contributed by atoms with Crippen molar-refractivity contribution in [1.29, 1.82) is 0 Å². The molecule has 0 aliphatic carbocycles. The molecule has 1 atom stereocenters. The van der Waals surface area contributed by atoms with E-state index in [1.165, 1.54) is 22.5 Å². The number of aryl methyl sites for hydroxylation is 1. The maximum Gasteiger partial charge on any atom is 0.339 e. The van der Waals surface area contributed by atoms with Crippen LogP contribution >= 0.6 is 11.3 Å². The van der Waals surface area contributed by atoms with E-state index in [2.05, 4.69) is 35.4 Å². The minimum Gasteiger partial charge on any atom is -0.454 e. The summed E-state index contributed by atoms with van der Waals surface area (Å²) >= 11 is 1.47. The lowest BCUT2D eigenvalue weighted by atomic mass is 9.93. The van der Waals surface area contributed by atoms with Crippen LogP contribution in [0.3, 0.4) is 0 Å². The number of thiazole rings is 1. The maximum atomic E-state index is 12.9. The summed E-state index contributed by atoms with van der Waals surface area (Å²) < 4.78 is 5.61. The van der Waals surface area contributed by atoms with E-state index in [-0.39, 0.29) is 18.0 Å². The highest BCUT2D eigenvalue weighted by Gasteiger charge is 2.28. The van der Waals surface area contributed by atoms with Gasteiger partial charge in [0.2, 0.25) is 0 Å². The third kappa shape index (κ3) is 4.71. The van der Waals surface area contributed by atoms with Gasteiger partial charge in [-0.05, 0) is 41.8 Å². The van der Waals surface area contributed by atoms with Gasteiger partial charge in [-0.15, -0.1) is 11.3 Å². The van der Waals surface area contributed by atoms with Crippen molar-refractivity contribution >= 4 is 28.3 Å². The molecule has 0 fully saturated rings. The molecule has 33 heavy (non-hydrogen) atoms. The number of hydrogen-bond donors (Lipinski definition) is 1. The fraction of sp³-hybridized carbons (Fsp3) is 0.148. The van der Waals surface area contributed by atoms with E-state index in [4.69, 9.17) is 4.74 Å². The topological polar surface area (TPSA) is 68.3 Å². The van der Waals surface area contributed by atoms with Crippen molar-refractivity contribution in [2.75, 3.05) is 5.32 Å². The van der Waals surface area contributed by atoms with Gasteiger partial charge in [0.25, 0.3) is 5.91 Å². The summed E-state index contributed by atoms with van der Waals surface area (Å²) in [7, 11) is 0. The number of hydrogen-bond acceptors (Lipinski definition) is 5. The van der Waals surface area contributed by atoms with E-state index in [0.717, 1.165) is 22.4 Å². The van der Waals surface area contributed by atoms with Crippen molar-refractivity contribution in [2.45, 2.75) is 25.9 Å². The Labute approximate surface area is 196 Å². The second kappa shape index (κ2) is 9.00. The van der Waals surface area contributed by atoms with Crippen LogP contribution in [0, 0.1) is 6.92 Å². The van der Waals surface area contributed by atoms with E-state index >= 15 is 0 Å². The number of nitrogens with zero attached hydrogens (tertiary/aromatic N) is 1. The molecule has 0 unspecified atom stereocenters. The van der Waals surface area contributed by atoms with Crippen LogP contribution < -0.4 is 5.32 Å². The largest absolute Gasteiger partial charge is 0.454 e. The number of esters is 1. The molecule has 4 aromatic rings. The molecule has 0 saturated heterocycles. The van der Waals surface area contributed by atoms with Gasteiger partial charge < -0.3 is 4.74 Å². The number of fused-ring (bicyclic) bond motifs is 1.